The molecule has 0 aliphatic heterocycles. The van der Waals surface area contributed by atoms with Gasteiger partial charge in [0.05, 0.1) is 0 Å². The highest BCUT2D eigenvalue weighted by atomic mass is 19.1. The number of rotatable bonds is 3. The monoisotopic (exact) mass is 219 g/mol. The molecule has 0 amide bonds. The molecule has 2 aliphatic carbocycles. The van der Waals surface area contributed by atoms with Gasteiger partial charge >= 0.3 is 0 Å². The van der Waals surface area contributed by atoms with Crippen molar-refractivity contribution in [1.82, 2.24) is 5.32 Å². The summed E-state index contributed by atoms with van der Waals surface area (Å²) in [5.41, 5.74) is 1.25. The fourth-order valence-electron chi connectivity index (χ4n) is 2.89. The lowest BCUT2D eigenvalue weighted by atomic mass is 10.0. The summed E-state index contributed by atoms with van der Waals surface area (Å²) < 4.78 is 13.2. The molecule has 2 fully saturated rings. The van der Waals surface area contributed by atoms with E-state index in [1.165, 1.54) is 31.7 Å². The van der Waals surface area contributed by atoms with Crippen LogP contribution in [0.25, 0.3) is 0 Å². The van der Waals surface area contributed by atoms with Crippen LogP contribution in [0.15, 0.2) is 24.3 Å². The van der Waals surface area contributed by atoms with Gasteiger partial charge in [-0.2, -0.15) is 0 Å². The molecular weight excluding hydrogens is 201 g/mol. The molecule has 0 aromatic heterocycles. The minimum atomic E-state index is -0.114. The van der Waals surface area contributed by atoms with Crippen LogP contribution >= 0.6 is 0 Å². The van der Waals surface area contributed by atoms with Gasteiger partial charge in [0.15, 0.2) is 0 Å². The third-order valence-electron chi connectivity index (χ3n) is 3.96. The Labute approximate surface area is 96.1 Å². The molecule has 2 aliphatic rings. The van der Waals surface area contributed by atoms with E-state index in [0.29, 0.717) is 6.04 Å². The Morgan fingerprint density at radius 1 is 1.19 bits per heavy atom. The summed E-state index contributed by atoms with van der Waals surface area (Å²) in [6.07, 6.45) is 7.59. The van der Waals surface area contributed by atoms with Gasteiger partial charge in [-0.1, -0.05) is 25.0 Å². The second-order valence-electron chi connectivity index (χ2n) is 5.22. The molecule has 0 saturated heterocycles. The van der Waals surface area contributed by atoms with Crippen molar-refractivity contribution in [3.8, 4) is 0 Å². The highest BCUT2D eigenvalue weighted by Gasteiger charge is 2.45. The predicted molar refractivity (Wildman–Crippen MR) is 62.7 cm³/mol. The normalized spacial score (nSPS) is 23.6. The second kappa shape index (κ2) is 3.85. The molecule has 1 aromatic carbocycles. The Balaban J connectivity index is 1.77. The minimum Gasteiger partial charge on any atom is -0.305 e. The van der Waals surface area contributed by atoms with Crippen LogP contribution in [0.1, 0.15) is 44.1 Å². The standard InChI is InChI=1S/C14H18FN/c15-12-5-3-4-11(10-12)14(8-9-14)16-13-6-1-2-7-13/h3-5,10,13,16H,1-2,6-9H2. The molecule has 1 N–H and O–H groups in total. The molecular formula is C14H18FN. The summed E-state index contributed by atoms with van der Waals surface area (Å²) in [6, 6.07) is 7.74. The zero-order valence-corrected chi connectivity index (χ0v) is 9.51. The minimum absolute atomic E-state index is 0.108. The lowest BCUT2D eigenvalue weighted by Gasteiger charge is -2.22. The third-order valence-corrected chi connectivity index (χ3v) is 3.96. The molecule has 1 nitrogen and oxygen atoms in total. The number of hydrogen-bond donors (Lipinski definition) is 1. The van der Waals surface area contributed by atoms with Gasteiger partial charge in [-0.25, -0.2) is 4.39 Å². The SMILES string of the molecule is Fc1cccc(C2(NC3CCCC3)CC2)c1. The summed E-state index contributed by atoms with van der Waals surface area (Å²) in [4.78, 5) is 0. The van der Waals surface area contributed by atoms with Crippen molar-refractivity contribution >= 4 is 0 Å². The first-order chi connectivity index (χ1) is 7.78. The summed E-state index contributed by atoms with van der Waals surface area (Å²) in [5, 5.41) is 3.74. The average molecular weight is 219 g/mol. The molecule has 0 radical (unpaired) electrons. The summed E-state index contributed by atoms with van der Waals surface area (Å²) >= 11 is 0. The van der Waals surface area contributed by atoms with Crippen LogP contribution in [-0.2, 0) is 5.54 Å². The van der Waals surface area contributed by atoms with Crippen LogP contribution in [0.2, 0.25) is 0 Å². The van der Waals surface area contributed by atoms with Gasteiger partial charge in [0.25, 0.3) is 0 Å². The average Bonchev–Trinajstić information content (AvgIpc) is 2.87. The number of halogens is 1. The Morgan fingerprint density at radius 3 is 2.56 bits per heavy atom. The van der Waals surface area contributed by atoms with E-state index in [1.54, 1.807) is 6.07 Å². The molecule has 0 unspecified atom stereocenters. The molecule has 1 aromatic rings. The van der Waals surface area contributed by atoms with Gasteiger partial charge in [-0.05, 0) is 43.4 Å². The molecule has 2 saturated carbocycles. The van der Waals surface area contributed by atoms with Crippen molar-refractivity contribution < 1.29 is 4.39 Å². The molecule has 86 valence electrons. The number of benzene rings is 1. The van der Waals surface area contributed by atoms with E-state index in [9.17, 15) is 4.39 Å². The predicted octanol–water partition coefficient (Wildman–Crippen LogP) is 3.35. The van der Waals surface area contributed by atoms with Crippen LogP contribution in [0.5, 0.6) is 0 Å². The van der Waals surface area contributed by atoms with E-state index in [1.807, 2.05) is 6.07 Å². The van der Waals surface area contributed by atoms with Crippen LogP contribution < -0.4 is 5.32 Å². The maximum Gasteiger partial charge on any atom is 0.123 e. The number of nitrogens with one attached hydrogen (secondary N) is 1. The fraction of sp³-hybridized carbons (Fsp3) is 0.571. The fourth-order valence-corrected chi connectivity index (χ4v) is 2.89. The highest BCUT2D eigenvalue weighted by Crippen LogP contribution is 2.46. The highest BCUT2D eigenvalue weighted by molar-refractivity contribution is 5.30. The second-order valence-corrected chi connectivity index (χ2v) is 5.22. The molecule has 0 atom stereocenters. The molecule has 0 spiro atoms. The first kappa shape index (κ1) is 10.3. The molecule has 0 heterocycles. The van der Waals surface area contributed by atoms with Crippen molar-refractivity contribution in [3.63, 3.8) is 0 Å². The van der Waals surface area contributed by atoms with Gasteiger partial charge in [0, 0.05) is 11.6 Å². The van der Waals surface area contributed by atoms with E-state index >= 15 is 0 Å². The third kappa shape index (κ3) is 1.86. The Hall–Kier alpha value is -0.890. The smallest absolute Gasteiger partial charge is 0.123 e. The van der Waals surface area contributed by atoms with E-state index in [-0.39, 0.29) is 11.4 Å². The van der Waals surface area contributed by atoms with E-state index in [0.717, 1.165) is 18.4 Å². The zero-order valence-electron chi connectivity index (χ0n) is 9.51. The van der Waals surface area contributed by atoms with Gasteiger partial charge in [-0.3, -0.25) is 0 Å². The maximum atomic E-state index is 13.2. The van der Waals surface area contributed by atoms with Gasteiger partial charge in [0.1, 0.15) is 5.82 Å². The van der Waals surface area contributed by atoms with E-state index < -0.39 is 0 Å². The van der Waals surface area contributed by atoms with Crippen molar-refractivity contribution in [1.29, 1.82) is 0 Å². The molecule has 0 bridgehead atoms. The maximum absolute atomic E-state index is 13.2. The molecule has 16 heavy (non-hydrogen) atoms. The van der Waals surface area contributed by atoms with Crippen LogP contribution in [0.4, 0.5) is 4.39 Å². The van der Waals surface area contributed by atoms with Crippen molar-refractivity contribution in [2.45, 2.75) is 50.1 Å². The number of hydrogen-bond acceptors (Lipinski definition) is 1. The quantitative estimate of drug-likeness (QED) is 0.822. The largest absolute Gasteiger partial charge is 0.305 e. The summed E-state index contributed by atoms with van der Waals surface area (Å²) in [5.74, 6) is -0.114. The van der Waals surface area contributed by atoms with Gasteiger partial charge < -0.3 is 5.32 Å². The van der Waals surface area contributed by atoms with Crippen molar-refractivity contribution in [3.05, 3.63) is 35.6 Å². The zero-order chi connectivity index (χ0) is 11.0. The van der Waals surface area contributed by atoms with E-state index in [2.05, 4.69) is 11.4 Å². The van der Waals surface area contributed by atoms with E-state index in [4.69, 9.17) is 0 Å². The van der Waals surface area contributed by atoms with Crippen LogP contribution in [0.3, 0.4) is 0 Å². The molecule has 2 heteroatoms. The Morgan fingerprint density at radius 2 is 1.94 bits per heavy atom. The van der Waals surface area contributed by atoms with Crippen LogP contribution in [-0.4, -0.2) is 6.04 Å². The van der Waals surface area contributed by atoms with Crippen molar-refractivity contribution in [2.24, 2.45) is 0 Å². The first-order valence-corrected chi connectivity index (χ1v) is 6.32. The Bertz CT molecular complexity index is 378. The van der Waals surface area contributed by atoms with Gasteiger partial charge in [-0.15, -0.1) is 0 Å². The summed E-state index contributed by atoms with van der Waals surface area (Å²) in [7, 11) is 0. The topological polar surface area (TPSA) is 12.0 Å². The van der Waals surface area contributed by atoms with Gasteiger partial charge in [0.2, 0.25) is 0 Å². The first-order valence-electron chi connectivity index (χ1n) is 6.32. The Kier molecular flexibility index (Phi) is 2.47. The lowest BCUT2D eigenvalue weighted by Crippen LogP contribution is -2.36. The lowest BCUT2D eigenvalue weighted by molar-refractivity contribution is 0.422. The molecule has 3 rings (SSSR count). The summed E-state index contributed by atoms with van der Waals surface area (Å²) in [6.45, 7) is 0. The van der Waals surface area contributed by atoms with Crippen LogP contribution in [0, 0.1) is 5.82 Å². The van der Waals surface area contributed by atoms with Crippen molar-refractivity contribution in [2.75, 3.05) is 0 Å².